The molecular weight excluding hydrogens is 292 g/mol. The lowest BCUT2D eigenvalue weighted by Crippen LogP contribution is -2.35. The van der Waals surface area contributed by atoms with Gasteiger partial charge < -0.3 is 14.6 Å². The second-order valence-corrected chi connectivity index (χ2v) is 5.19. The first-order chi connectivity index (χ1) is 11.2. The third kappa shape index (κ3) is 5.29. The SMILES string of the molecule is CCN(CCc1ccccc1)C(=O)CCNC(=O)c1ccco1. The second kappa shape index (κ2) is 8.78. The number of hydrogen-bond acceptors (Lipinski definition) is 3. The highest BCUT2D eigenvalue weighted by Gasteiger charge is 2.13. The molecule has 23 heavy (non-hydrogen) atoms. The van der Waals surface area contributed by atoms with Crippen molar-refractivity contribution in [3.8, 4) is 0 Å². The maximum atomic E-state index is 12.2. The van der Waals surface area contributed by atoms with Gasteiger partial charge in [0, 0.05) is 26.1 Å². The second-order valence-electron chi connectivity index (χ2n) is 5.19. The van der Waals surface area contributed by atoms with E-state index in [9.17, 15) is 9.59 Å². The maximum Gasteiger partial charge on any atom is 0.286 e. The largest absolute Gasteiger partial charge is 0.459 e. The van der Waals surface area contributed by atoms with Crippen molar-refractivity contribution in [2.75, 3.05) is 19.6 Å². The number of likely N-dealkylation sites (N-methyl/N-ethyl adjacent to an activating group) is 1. The Hall–Kier alpha value is -2.56. The molecule has 0 unspecified atom stereocenters. The maximum absolute atomic E-state index is 12.2. The van der Waals surface area contributed by atoms with Crippen LogP contribution >= 0.6 is 0 Å². The zero-order chi connectivity index (χ0) is 16.5. The standard InChI is InChI=1S/C18H22N2O3/c1-2-20(13-11-15-7-4-3-5-8-15)17(21)10-12-19-18(22)16-9-6-14-23-16/h3-9,14H,2,10-13H2,1H3,(H,19,22). The number of amides is 2. The van der Waals surface area contributed by atoms with Crippen molar-refractivity contribution >= 4 is 11.8 Å². The van der Waals surface area contributed by atoms with Crippen molar-refractivity contribution < 1.29 is 14.0 Å². The van der Waals surface area contributed by atoms with E-state index in [1.807, 2.05) is 30.0 Å². The van der Waals surface area contributed by atoms with Gasteiger partial charge >= 0.3 is 0 Å². The Kier molecular flexibility index (Phi) is 6.41. The Morgan fingerprint density at radius 2 is 1.91 bits per heavy atom. The van der Waals surface area contributed by atoms with Crippen LogP contribution in [0.2, 0.25) is 0 Å². The van der Waals surface area contributed by atoms with Gasteiger partial charge in [0.05, 0.1) is 6.26 Å². The van der Waals surface area contributed by atoms with Gasteiger partial charge in [-0.2, -0.15) is 0 Å². The van der Waals surface area contributed by atoms with Gasteiger partial charge in [0.2, 0.25) is 5.91 Å². The number of benzene rings is 1. The minimum absolute atomic E-state index is 0.0446. The van der Waals surface area contributed by atoms with Crippen LogP contribution in [-0.4, -0.2) is 36.3 Å². The molecule has 1 aromatic heterocycles. The van der Waals surface area contributed by atoms with E-state index in [4.69, 9.17) is 4.42 Å². The Balaban J connectivity index is 1.73. The molecule has 0 fully saturated rings. The molecule has 0 radical (unpaired) electrons. The quantitative estimate of drug-likeness (QED) is 0.814. The highest BCUT2D eigenvalue weighted by molar-refractivity contribution is 5.91. The predicted octanol–water partition coefficient (Wildman–Crippen LogP) is 2.49. The van der Waals surface area contributed by atoms with E-state index in [0.717, 1.165) is 6.42 Å². The number of hydrogen-bond donors (Lipinski definition) is 1. The molecule has 0 aliphatic rings. The molecule has 5 nitrogen and oxygen atoms in total. The summed E-state index contributed by atoms with van der Waals surface area (Å²) in [5.74, 6) is 0.00665. The van der Waals surface area contributed by atoms with Crippen LogP contribution in [0.1, 0.15) is 29.5 Å². The van der Waals surface area contributed by atoms with Crippen molar-refractivity contribution in [2.24, 2.45) is 0 Å². The van der Waals surface area contributed by atoms with Crippen molar-refractivity contribution in [3.05, 3.63) is 60.1 Å². The highest BCUT2D eigenvalue weighted by Crippen LogP contribution is 2.03. The predicted molar refractivity (Wildman–Crippen MR) is 88.1 cm³/mol. The number of rotatable bonds is 8. The summed E-state index contributed by atoms with van der Waals surface area (Å²) in [6.07, 6.45) is 2.57. The summed E-state index contributed by atoms with van der Waals surface area (Å²) >= 11 is 0. The molecule has 0 saturated heterocycles. The molecule has 2 aromatic rings. The molecule has 0 aliphatic carbocycles. The summed E-state index contributed by atoms with van der Waals surface area (Å²) in [6.45, 7) is 3.62. The van der Waals surface area contributed by atoms with Crippen LogP contribution in [0.15, 0.2) is 53.1 Å². The highest BCUT2D eigenvalue weighted by atomic mass is 16.3. The van der Waals surface area contributed by atoms with E-state index in [1.165, 1.54) is 11.8 Å². The lowest BCUT2D eigenvalue weighted by molar-refractivity contribution is -0.130. The molecule has 122 valence electrons. The third-order valence-electron chi connectivity index (χ3n) is 3.62. The van der Waals surface area contributed by atoms with Crippen LogP contribution < -0.4 is 5.32 Å². The van der Waals surface area contributed by atoms with Crippen LogP contribution in [0.3, 0.4) is 0 Å². The fourth-order valence-corrected chi connectivity index (χ4v) is 2.30. The summed E-state index contributed by atoms with van der Waals surface area (Å²) < 4.78 is 5.00. The summed E-state index contributed by atoms with van der Waals surface area (Å²) in [5, 5.41) is 2.69. The van der Waals surface area contributed by atoms with Gasteiger partial charge in [-0.25, -0.2) is 0 Å². The van der Waals surface area contributed by atoms with E-state index in [1.54, 1.807) is 12.1 Å². The van der Waals surface area contributed by atoms with E-state index >= 15 is 0 Å². The van der Waals surface area contributed by atoms with E-state index in [-0.39, 0.29) is 24.0 Å². The number of furan rings is 1. The fourth-order valence-electron chi connectivity index (χ4n) is 2.30. The summed E-state index contributed by atoms with van der Waals surface area (Å²) in [5.41, 5.74) is 1.21. The summed E-state index contributed by atoms with van der Waals surface area (Å²) in [6, 6.07) is 13.3. The van der Waals surface area contributed by atoms with E-state index in [0.29, 0.717) is 19.6 Å². The number of nitrogens with one attached hydrogen (secondary N) is 1. The average molecular weight is 314 g/mol. The van der Waals surface area contributed by atoms with Crippen LogP contribution in [-0.2, 0) is 11.2 Å². The van der Waals surface area contributed by atoms with Crippen LogP contribution in [0.25, 0.3) is 0 Å². The average Bonchev–Trinajstić information content (AvgIpc) is 3.11. The van der Waals surface area contributed by atoms with E-state index < -0.39 is 0 Å². The van der Waals surface area contributed by atoms with Crippen molar-refractivity contribution in [1.29, 1.82) is 0 Å². The molecule has 0 spiro atoms. The van der Waals surface area contributed by atoms with Crippen LogP contribution in [0.4, 0.5) is 0 Å². The topological polar surface area (TPSA) is 62.6 Å². The molecule has 1 aromatic carbocycles. The van der Waals surface area contributed by atoms with Gasteiger partial charge in [-0.3, -0.25) is 9.59 Å². The van der Waals surface area contributed by atoms with Gasteiger partial charge in [-0.15, -0.1) is 0 Å². The van der Waals surface area contributed by atoms with Gasteiger partial charge in [-0.05, 0) is 31.0 Å². The molecule has 1 N–H and O–H groups in total. The van der Waals surface area contributed by atoms with Crippen molar-refractivity contribution in [3.63, 3.8) is 0 Å². The fraction of sp³-hybridized carbons (Fsp3) is 0.333. The smallest absolute Gasteiger partial charge is 0.286 e. The zero-order valence-electron chi connectivity index (χ0n) is 13.3. The third-order valence-corrected chi connectivity index (χ3v) is 3.62. The van der Waals surface area contributed by atoms with E-state index in [2.05, 4.69) is 17.4 Å². The molecule has 0 bridgehead atoms. The van der Waals surface area contributed by atoms with Crippen molar-refractivity contribution in [2.45, 2.75) is 19.8 Å². The van der Waals surface area contributed by atoms with Gasteiger partial charge in [0.1, 0.15) is 0 Å². The lowest BCUT2D eigenvalue weighted by Gasteiger charge is -2.21. The van der Waals surface area contributed by atoms with Gasteiger partial charge in [0.15, 0.2) is 5.76 Å². The molecule has 1 heterocycles. The Morgan fingerprint density at radius 3 is 2.57 bits per heavy atom. The summed E-state index contributed by atoms with van der Waals surface area (Å²) in [4.78, 5) is 25.7. The van der Waals surface area contributed by atoms with Gasteiger partial charge in [0.25, 0.3) is 5.91 Å². The van der Waals surface area contributed by atoms with Crippen LogP contribution in [0, 0.1) is 0 Å². The molecule has 5 heteroatoms. The Labute approximate surface area is 136 Å². The normalized spacial score (nSPS) is 10.3. The monoisotopic (exact) mass is 314 g/mol. The number of carbonyl (C=O) groups excluding carboxylic acids is 2. The molecule has 2 amide bonds. The molecular formula is C18H22N2O3. The van der Waals surface area contributed by atoms with Gasteiger partial charge in [-0.1, -0.05) is 30.3 Å². The molecule has 2 rings (SSSR count). The number of nitrogens with zero attached hydrogens (tertiary/aromatic N) is 1. The first-order valence-electron chi connectivity index (χ1n) is 7.84. The first kappa shape index (κ1) is 16.8. The first-order valence-corrected chi connectivity index (χ1v) is 7.84. The Morgan fingerprint density at radius 1 is 1.13 bits per heavy atom. The lowest BCUT2D eigenvalue weighted by atomic mass is 10.1. The molecule has 0 saturated carbocycles. The minimum atomic E-state index is -0.296. The molecule has 0 aliphatic heterocycles. The number of carbonyl (C=O) groups is 2. The van der Waals surface area contributed by atoms with Crippen molar-refractivity contribution in [1.82, 2.24) is 10.2 Å². The zero-order valence-corrected chi connectivity index (χ0v) is 13.3. The summed E-state index contributed by atoms with van der Waals surface area (Å²) in [7, 11) is 0. The minimum Gasteiger partial charge on any atom is -0.459 e. The van der Waals surface area contributed by atoms with Crippen LogP contribution in [0.5, 0.6) is 0 Å². The Bertz CT molecular complexity index is 608. The molecule has 0 atom stereocenters.